The van der Waals surface area contributed by atoms with E-state index in [4.69, 9.17) is 5.73 Å². The number of amides is 2. The Labute approximate surface area is 79.3 Å². The maximum atomic E-state index is 10.9. The van der Waals surface area contributed by atoms with Gasteiger partial charge in [-0.1, -0.05) is 12.8 Å². The van der Waals surface area contributed by atoms with Crippen LogP contribution in [0.3, 0.4) is 0 Å². The minimum atomic E-state index is -0.113. The summed E-state index contributed by atoms with van der Waals surface area (Å²) in [6.07, 6.45) is 4.72. The Morgan fingerprint density at radius 2 is 2.15 bits per heavy atom. The molecule has 4 N–H and O–H groups in total. The van der Waals surface area contributed by atoms with Crippen LogP contribution >= 0.6 is 0 Å². The predicted molar refractivity (Wildman–Crippen MR) is 52.4 cm³/mol. The molecular formula is C9H19N3O. The Morgan fingerprint density at radius 3 is 2.77 bits per heavy atom. The zero-order valence-electron chi connectivity index (χ0n) is 8.18. The summed E-state index contributed by atoms with van der Waals surface area (Å²) in [4.78, 5) is 10.9. The van der Waals surface area contributed by atoms with Crippen LogP contribution in [0.25, 0.3) is 0 Å². The second-order valence-corrected chi connectivity index (χ2v) is 3.67. The van der Waals surface area contributed by atoms with E-state index in [1.807, 2.05) is 0 Å². The molecule has 0 aliphatic heterocycles. The van der Waals surface area contributed by atoms with Gasteiger partial charge in [-0.25, -0.2) is 4.79 Å². The summed E-state index contributed by atoms with van der Waals surface area (Å²) in [5, 5.41) is 5.33. The topological polar surface area (TPSA) is 67.2 Å². The van der Waals surface area contributed by atoms with Crippen LogP contribution in [0.5, 0.6) is 0 Å². The number of carbonyl (C=O) groups excluding carboxylic acids is 1. The van der Waals surface area contributed by atoms with E-state index in [1.165, 1.54) is 12.8 Å². The highest BCUT2D eigenvalue weighted by Gasteiger charge is 2.21. The fraction of sp³-hybridized carbons (Fsp3) is 0.889. The van der Waals surface area contributed by atoms with Gasteiger partial charge in [0, 0.05) is 19.6 Å². The molecule has 0 heterocycles. The molecule has 1 aliphatic rings. The van der Waals surface area contributed by atoms with Crippen molar-refractivity contribution in [1.82, 2.24) is 10.6 Å². The Kier molecular flexibility index (Phi) is 4.02. The Morgan fingerprint density at radius 1 is 1.46 bits per heavy atom. The number of nitrogens with two attached hydrogens (primary N) is 1. The minimum absolute atomic E-state index is 0.113. The van der Waals surface area contributed by atoms with Crippen LogP contribution in [0.2, 0.25) is 0 Å². The van der Waals surface area contributed by atoms with E-state index in [9.17, 15) is 4.79 Å². The number of carbonyl (C=O) groups is 1. The van der Waals surface area contributed by atoms with E-state index >= 15 is 0 Å². The van der Waals surface area contributed by atoms with Crippen molar-refractivity contribution >= 4 is 6.03 Å². The molecule has 1 rings (SSSR count). The molecule has 0 bridgehead atoms. The summed E-state index contributed by atoms with van der Waals surface area (Å²) in [5.74, 6) is 0.464. The third-order valence-electron chi connectivity index (χ3n) is 2.72. The van der Waals surface area contributed by atoms with Gasteiger partial charge in [0.25, 0.3) is 0 Å². The van der Waals surface area contributed by atoms with Crippen LogP contribution in [0, 0.1) is 5.92 Å². The van der Waals surface area contributed by atoms with Gasteiger partial charge in [-0.2, -0.15) is 0 Å². The molecule has 0 radical (unpaired) electrons. The lowest BCUT2D eigenvalue weighted by Gasteiger charge is -2.28. The van der Waals surface area contributed by atoms with Crippen molar-refractivity contribution in [1.29, 1.82) is 0 Å². The average molecular weight is 185 g/mol. The van der Waals surface area contributed by atoms with E-state index in [1.54, 1.807) is 7.05 Å². The lowest BCUT2D eigenvalue weighted by molar-refractivity contribution is 0.235. The third kappa shape index (κ3) is 3.22. The molecule has 13 heavy (non-hydrogen) atoms. The van der Waals surface area contributed by atoms with E-state index in [-0.39, 0.29) is 12.1 Å². The van der Waals surface area contributed by atoms with Gasteiger partial charge in [0.15, 0.2) is 0 Å². The third-order valence-corrected chi connectivity index (χ3v) is 2.72. The molecule has 0 aromatic heterocycles. The molecule has 2 atom stereocenters. The van der Waals surface area contributed by atoms with Gasteiger partial charge in [0.05, 0.1) is 0 Å². The van der Waals surface area contributed by atoms with Crippen molar-refractivity contribution in [3.05, 3.63) is 0 Å². The van der Waals surface area contributed by atoms with Crippen LogP contribution in [0.4, 0.5) is 4.79 Å². The Balaban J connectivity index is 2.22. The van der Waals surface area contributed by atoms with Gasteiger partial charge in [-0.05, 0) is 18.8 Å². The summed E-state index contributed by atoms with van der Waals surface area (Å²) in [7, 11) is 1.62. The molecule has 1 aliphatic carbocycles. The van der Waals surface area contributed by atoms with Gasteiger partial charge in [0.2, 0.25) is 0 Å². The van der Waals surface area contributed by atoms with Gasteiger partial charge >= 0.3 is 6.03 Å². The summed E-state index contributed by atoms with van der Waals surface area (Å²) in [6.45, 7) is 0.709. The van der Waals surface area contributed by atoms with Crippen molar-refractivity contribution < 1.29 is 4.79 Å². The number of rotatable bonds is 2. The Bertz CT molecular complexity index is 172. The van der Waals surface area contributed by atoms with Gasteiger partial charge in [-0.3, -0.25) is 0 Å². The van der Waals surface area contributed by atoms with E-state index < -0.39 is 0 Å². The fourth-order valence-corrected chi connectivity index (χ4v) is 1.80. The number of nitrogens with one attached hydrogen (secondary N) is 2. The second-order valence-electron chi connectivity index (χ2n) is 3.67. The fourth-order valence-electron chi connectivity index (χ4n) is 1.80. The van der Waals surface area contributed by atoms with E-state index in [0.717, 1.165) is 12.8 Å². The smallest absolute Gasteiger partial charge is 0.314 e. The molecule has 2 amide bonds. The Hall–Kier alpha value is -0.770. The first kappa shape index (κ1) is 10.3. The highest BCUT2D eigenvalue weighted by Crippen LogP contribution is 2.21. The molecule has 0 saturated heterocycles. The van der Waals surface area contributed by atoms with E-state index in [0.29, 0.717) is 12.5 Å². The number of urea groups is 1. The molecule has 4 nitrogen and oxygen atoms in total. The molecule has 0 aromatic carbocycles. The first-order valence-electron chi connectivity index (χ1n) is 4.95. The van der Waals surface area contributed by atoms with Gasteiger partial charge in [0.1, 0.15) is 0 Å². The van der Waals surface area contributed by atoms with Crippen LogP contribution in [0.15, 0.2) is 0 Å². The zero-order chi connectivity index (χ0) is 9.68. The highest BCUT2D eigenvalue weighted by atomic mass is 16.2. The first-order chi connectivity index (χ1) is 6.24. The van der Waals surface area contributed by atoms with Crippen LogP contribution in [0.1, 0.15) is 25.7 Å². The molecule has 2 unspecified atom stereocenters. The largest absolute Gasteiger partial charge is 0.341 e. The SMILES string of the molecule is CNC(=O)NCC1CCCCC1N. The standard InChI is InChI=1S/C9H19N3O/c1-11-9(13)12-6-7-4-2-3-5-8(7)10/h7-8H,2-6,10H2,1H3,(H2,11,12,13). The highest BCUT2D eigenvalue weighted by molar-refractivity contribution is 5.73. The first-order valence-corrected chi connectivity index (χ1v) is 4.95. The molecule has 1 saturated carbocycles. The monoisotopic (exact) mass is 185 g/mol. The summed E-state index contributed by atoms with van der Waals surface area (Å²) < 4.78 is 0. The summed E-state index contributed by atoms with van der Waals surface area (Å²) in [5.41, 5.74) is 5.93. The summed E-state index contributed by atoms with van der Waals surface area (Å²) in [6, 6.07) is 0.156. The van der Waals surface area contributed by atoms with Gasteiger partial charge < -0.3 is 16.4 Å². The van der Waals surface area contributed by atoms with Crippen LogP contribution < -0.4 is 16.4 Å². The second kappa shape index (κ2) is 5.07. The zero-order valence-corrected chi connectivity index (χ0v) is 8.18. The van der Waals surface area contributed by atoms with Gasteiger partial charge in [-0.15, -0.1) is 0 Å². The molecule has 76 valence electrons. The molecule has 1 fully saturated rings. The minimum Gasteiger partial charge on any atom is -0.341 e. The normalized spacial score (nSPS) is 28.2. The lowest BCUT2D eigenvalue weighted by atomic mass is 9.85. The quantitative estimate of drug-likeness (QED) is 0.584. The van der Waals surface area contributed by atoms with Crippen molar-refractivity contribution in [3.8, 4) is 0 Å². The van der Waals surface area contributed by atoms with Crippen LogP contribution in [-0.2, 0) is 0 Å². The predicted octanol–water partition coefficient (Wildman–Crippen LogP) is 0.433. The lowest BCUT2D eigenvalue weighted by Crippen LogP contribution is -2.43. The number of hydrogen-bond donors (Lipinski definition) is 3. The number of hydrogen-bond acceptors (Lipinski definition) is 2. The van der Waals surface area contributed by atoms with Crippen LogP contribution in [-0.4, -0.2) is 25.7 Å². The molecule has 0 spiro atoms. The van der Waals surface area contributed by atoms with Crippen molar-refractivity contribution in [3.63, 3.8) is 0 Å². The molecular weight excluding hydrogens is 166 g/mol. The van der Waals surface area contributed by atoms with Crippen molar-refractivity contribution in [2.24, 2.45) is 11.7 Å². The van der Waals surface area contributed by atoms with E-state index in [2.05, 4.69) is 10.6 Å². The molecule has 4 heteroatoms. The van der Waals surface area contributed by atoms with Crippen molar-refractivity contribution in [2.45, 2.75) is 31.7 Å². The maximum absolute atomic E-state index is 10.9. The van der Waals surface area contributed by atoms with Crippen molar-refractivity contribution in [2.75, 3.05) is 13.6 Å². The maximum Gasteiger partial charge on any atom is 0.314 e. The average Bonchev–Trinajstić information content (AvgIpc) is 2.16. The summed E-state index contributed by atoms with van der Waals surface area (Å²) >= 11 is 0. The molecule has 0 aromatic rings.